The van der Waals surface area contributed by atoms with Crippen LogP contribution in [-0.2, 0) is 11.2 Å². The third-order valence-electron chi connectivity index (χ3n) is 6.27. The lowest BCUT2D eigenvalue weighted by Crippen LogP contribution is -2.48. The highest BCUT2D eigenvalue weighted by atomic mass is 32.1. The summed E-state index contributed by atoms with van der Waals surface area (Å²) in [6, 6.07) is 15.5. The van der Waals surface area contributed by atoms with Gasteiger partial charge in [-0.1, -0.05) is 18.1 Å². The van der Waals surface area contributed by atoms with Gasteiger partial charge in [0.1, 0.15) is 12.0 Å². The van der Waals surface area contributed by atoms with E-state index in [0.29, 0.717) is 6.42 Å². The van der Waals surface area contributed by atoms with E-state index in [0.717, 1.165) is 76.4 Å². The number of aromatic amines is 1. The lowest BCUT2D eigenvalue weighted by atomic mass is 10.1. The minimum atomic E-state index is -0.0669. The van der Waals surface area contributed by atoms with E-state index in [2.05, 4.69) is 50.7 Å². The van der Waals surface area contributed by atoms with Gasteiger partial charge in [-0.3, -0.25) is 5.10 Å². The number of nitrogens with zero attached hydrogens (tertiary/aromatic N) is 3. The average Bonchev–Trinajstić information content (AvgIpc) is 3.58. The molecule has 1 aliphatic rings. The van der Waals surface area contributed by atoms with E-state index in [1.165, 1.54) is 0 Å². The summed E-state index contributed by atoms with van der Waals surface area (Å²) in [5, 5.41) is 16.5. The fourth-order valence-electron chi connectivity index (χ4n) is 4.06. The van der Waals surface area contributed by atoms with Gasteiger partial charge in [0.2, 0.25) is 0 Å². The summed E-state index contributed by atoms with van der Waals surface area (Å²) in [6.45, 7) is 5.32. The quantitative estimate of drug-likeness (QED) is 0.266. The van der Waals surface area contributed by atoms with Gasteiger partial charge in [0.05, 0.1) is 5.52 Å². The molecule has 4 aromatic rings. The van der Waals surface area contributed by atoms with Gasteiger partial charge in [0.25, 0.3) is 0 Å². The number of thiophene rings is 1. The van der Waals surface area contributed by atoms with Gasteiger partial charge in [-0.25, -0.2) is 4.79 Å². The molecule has 3 N–H and O–H groups in total. The highest BCUT2D eigenvalue weighted by Crippen LogP contribution is 2.24. The number of amides is 2. The van der Waals surface area contributed by atoms with Crippen molar-refractivity contribution in [3.05, 3.63) is 75.6 Å². The van der Waals surface area contributed by atoms with Crippen molar-refractivity contribution >= 4 is 45.9 Å². The number of H-pyrrole nitrogens is 1. The summed E-state index contributed by atoms with van der Waals surface area (Å²) < 4.78 is 0. The smallest absolute Gasteiger partial charge is 0.321 e. The number of piperazine rings is 1. The van der Waals surface area contributed by atoms with Crippen LogP contribution in [0.25, 0.3) is 10.9 Å². The molecule has 0 atom stereocenters. The van der Waals surface area contributed by atoms with Gasteiger partial charge < -0.3 is 25.2 Å². The molecule has 2 amide bonds. The number of aromatic nitrogens is 2. The molecule has 9 heteroatoms. The predicted octanol–water partition coefficient (Wildman–Crippen LogP) is 4.58. The fraction of sp³-hybridized carbons (Fsp3) is 0.276. The summed E-state index contributed by atoms with van der Waals surface area (Å²) in [6.07, 6.45) is 1.49. The Morgan fingerprint density at radius 2 is 1.95 bits per heavy atom. The number of aldehydes is 1. The van der Waals surface area contributed by atoms with Crippen LogP contribution in [0.1, 0.15) is 21.7 Å². The van der Waals surface area contributed by atoms with Crippen LogP contribution < -0.4 is 10.6 Å². The number of fused-ring (bicyclic) bond motifs is 1. The van der Waals surface area contributed by atoms with Crippen molar-refractivity contribution in [1.82, 2.24) is 20.0 Å². The summed E-state index contributed by atoms with van der Waals surface area (Å²) in [7, 11) is 3.97. The third-order valence-corrected chi connectivity index (χ3v) is 7.17. The Kier molecular flexibility index (Phi) is 9.14. The van der Waals surface area contributed by atoms with Gasteiger partial charge in [0.15, 0.2) is 0 Å². The Labute approximate surface area is 227 Å². The van der Waals surface area contributed by atoms with Crippen molar-refractivity contribution in [3.8, 4) is 11.8 Å². The summed E-state index contributed by atoms with van der Waals surface area (Å²) in [4.78, 5) is 27.6. The van der Waals surface area contributed by atoms with Crippen molar-refractivity contribution in [3.63, 3.8) is 0 Å². The van der Waals surface area contributed by atoms with E-state index in [1.807, 2.05) is 66.7 Å². The van der Waals surface area contributed by atoms with Crippen LogP contribution in [0.3, 0.4) is 0 Å². The first-order valence-electron chi connectivity index (χ1n) is 12.5. The van der Waals surface area contributed by atoms with Gasteiger partial charge in [-0.05, 0) is 67.2 Å². The number of carbonyl (C=O) groups excluding carboxylic acids is 2. The molecule has 0 saturated carbocycles. The van der Waals surface area contributed by atoms with Crippen molar-refractivity contribution in [2.75, 3.05) is 50.9 Å². The third kappa shape index (κ3) is 7.00. The number of urea groups is 1. The van der Waals surface area contributed by atoms with Crippen LogP contribution >= 0.6 is 11.3 Å². The zero-order valence-electron chi connectivity index (χ0n) is 21.9. The number of nitrogens with one attached hydrogen (secondary N) is 3. The average molecular weight is 529 g/mol. The standard InChI is InChI=1S/C23H26N6O.C6H6OS/c1-16-13-22-19(15-21(16)24-2)20(26-27-22)8-7-17-5-4-6-18(14-17)25-23(30)29-11-9-28(3)10-12-29;7-4-3-6-2-1-5-8-6/h4-6,13-15,24H,9-12H2,1-3H3,(H,25,30)(H,26,27);1-2,4-5H,3H2. The van der Waals surface area contributed by atoms with Crippen LogP contribution in [0.5, 0.6) is 0 Å². The molecule has 1 aliphatic heterocycles. The van der Waals surface area contributed by atoms with Crippen molar-refractivity contribution in [2.45, 2.75) is 13.3 Å². The predicted molar refractivity (Wildman–Crippen MR) is 155 cm³/mol. The number of anilines is 2. The maximum Gasteiger partial charge on any atom is 0.321 e. The molecule has 2 aromatic heterocycles. The molecule has 0 radical (unpaired) electrons. The fourth-order valence-corrected chi connectivity index (χ4v) is 4.71. The van der Waals surface area contributed by atoms with Crippen LogP contribution in [0.4, 0.5) is 16.2 Å². The Morgan fingerprint density at radius 1 is 1.13 bits per heavy atom. The first-order valence-corrected chi connectivity index (χ1v) is 13.3. The van der Waals surface area contributed by atoms with E-state index in [9.17, 15) is 9.59 Å². The summed E-state index contributed by atoms with van der Waals surface area (Å²) in [5.74, 6) is 6.36. The Morgan fingerprint density at radius 3 is 2.66 bits per heavy atom. The molecule has 2 aromatic carbocycles. The van der Waals surface area contributed by atoms with Gasteiger partial charge in [-0.15, -0.1) is 11.3 Å². The first kappa shape index (κ1) is 26.9. The van der Waals surface area contributed by atoms with Crippen molar-refractivity contribution in [1.29, 1.82) is 0 Å². The topological polar surface area (TPSA) is 93.4 Å². The number of hydrogen-bond donors (Lipinski definition) is 3. The molecule has 3 heterocycles. The molecule has 1 fully saturated rings. The van der Waals surface area contributed by atoms with Gasteiger partial charge >= 0.3 is 6.03 Å². The van der Waals surface area contributed by atoms with Crippen molar-refractivity contribution in [2.24, 2.45) is 0 Å². The normalized spacial score (nSPS) is 13.2. The SMILES string of the molecule is CNc1cc2c(C#Cc3cccc(NC(=O)N4CCN(C)CC4)c3)[nH]nc2cc1C.O=CCc1cccs1. The molecule has 0 spiro atoms. The zero-order valence-corrected chi connectivity index (χ0v) is 22.7. The molecule has 1 saturated heterocycles. The van der Waals surface area contributed by atoms with Crippen LogP contribution in [-0.4, -0.2) is 72.6 Å². The van der Waals surface area contributed by atoms with Crippen LogP contribution in [0, 0.1) is 18.8 Å². The first-order chi connectivity index (χ1) is 18.5. The van der Waals surface area contributed by atoms with E-state index in [1.54, 1.807) is 11.3 Å². The van der Waals surface area contributed by atoms with E-state index >= 15 is 0 Å². The Balaban J connectivity index is 0.000000360. The second-order valence-electron chi connectivity index (χ2n) is 9.03. The molecule has 0 bridgehead atoms. The molecule has 38 heavy (non-hydrogen) atoms. The van der Waals surface area contributed by atoms with Gasteiger partial charge in [0, 0.05) is 66.8 Å². The van der Waals surface area contributed by atoms with E-state index < -0.39 is 0 Å². The maximum absolute atomic E-state index is 12.5. The largest absolute Gasteiger partial charge is 0.388 e. The minimum Gasteiger partial charge on any atom is -0.388 e. The monoisotopic (exact) mass is 528 g/mol. The highest BCUT2D eigenvalue weighted by molar-refractivity contribution is 7.10. The van der Waals surface area contributed by atoms with Crippen LogP contribution in [0.15, 0.2) is 53.9 Å². The highest BCUT2D eigenvalue weighted by Gasteiger charge is 2.18. The summed E-state index contributed by atoms with van der Waals surface area (Å²) in [5.41, 5.74) is 5.43. The van der Waals surface area contributed by atoms with Crippen LogP contribution in [0.2, 0.25) is 0 Å². The maximum atomic E-state index is 12.5. The number of carbonyl (C=O) groups is 2. The van der Waals surface area contributed by atoms with E-state index in [4.69, 9.17) is 0 Å². The molecule has 5 rings (SSSR count). The second-order valence-corrected chi connectivity index (χ2v) is 10.1. The second kappa shape index (κ2) is 12.9. The lowest BCUT2D eigenvalue weighted by Gasteiger charge is -2.32. The summed E-state index contributed by atoms with van der Waals surface area (Å²) >= 11 is 1.62. The number of likely N-dealkylation sites (N-methyl/N-ethyl adjacent to an activating group) is 1. The lowest BCUT2D eigenvalue weighted by molar-refractivity contribution is -0.107. The Bertz CT molecular complexity index is 1440. The van der Waals surface area contributed by atoms with E-state index in [-0.39, 0.29) is 6.03 Å². The molecule has 8 nitrogen and oxygen atoms in total. The van der Waals surface area contributed by atoms with Crippen molar-refractivity contribution < 1.29 is 9.59 Å². The minimum absolute atomic E-state index is 0.0669. The molecule has 196 valence electrons. The molecular weight excluding hydrogens is 496 g/mol. The zero-order chi connectivity index (χ0) is 26.9. The molecular formula is C29H32N6O2S. The molecule has 0 aliphatic carbocycles. The molecule has 0 unspecified atom stereocenters. The Hall–Kier alpha value is -4.13. The van der Waals surface area contributed by atoms with Gasteiger partial charge in [-0.2, -0.15) is 5.10 Å². The number of aryl methyl sites for hydroxylation is 1. The number of rotatable bonds is 4. The number of hydrogen-bond acceptors (Lipinski definition) is 6. The number of benzene rings is 2.